The lowest BCUT2D eigenvalue weighted by atomic mass is 10.4. The van der Waals surface area contributed by atoms with E-state index in [0.717, 1.165) is 53.4 Å². The van der Waals surface area contributed by atoms with Gasteiger partial charge in [-0.25, -0.2) is 9.97 Å². The molecule has 0 aliphatic carbocycles. The van der Waals surface area contributed by atoms with Crippen LogP contribution in [0.1, 0.15) is 12.1 Å². The number of hydrogen-bond acceptors (Lipinski definition) is 10. The third-order valence-electron chi connectivity index (χ3n) is 3.83. The Bertz CT molecular complexity index is 938. The van der Waals surface area contributed by atoms with Gasteiger partial charge in [-0.2, -0.15) is 0 Å². The van der Waals surface area contributed by atoms with Crippen LogP contribution in [0.25, 0.3) is 11.4 Å². The molecule has 3 aromatic heterocycles. The van der Waals surface area contributed by atoms with Crippen molar-refractivity contribution in [3.8, 4) is 22.3 Å². The average molecular weight is 417 g/mol. The van der Waals surface area contributed by atoms with E-state index in [1.807, 2.05) is 29.8 Å². The van der Waals surface area contributed by atoms with Gasteiger partial charge in [0.25, 0.3) is 5.19 Å². The van der Waals surface area contributed by atoms with E-state index in [4.69, 9.17) is 9.47 Å². The number of nitrogens with one attached hydrogen (secondary N) is 2. The van der Waals surface area contributed by atoms with Crippen molar-refractivity contribution in [1.82, 2.24) is 20.3 Å². The summed E-state index contributed by atoms with van der Waals surface area (Å²) in [6.07, 6.45) is 2.77. The van der Waals surface area contributed by atoms with Crippen molar-refractivity contribution < 1.29 is 9.47 Å². The van der Waals surface area contributed by atoms with E-state index >= 15 is 0 Å². The van der Waals surface area contributed by atoms with Gasteiger partial charge in [0.2, 0.25) is 0 Å². The van der Waals surface area contributed by atoms with Gasteiger partial charge in [0.05, 0.1) is 6.20 Å². The van der Waals surface area contributed by atoms with Crippen molar-refractivity contribution >= 4 is 33.8 Å². The number of rotatable bonds is 7. The fourth-order valence-corrected chi connectivity index (χ4v) is 3.83. The molecule has 1 aliphatic rings. The minimum atomic E-state index is 0.413. The molecule has 146 valence electrons. The lowest BCUT2D eigenvalue weighted by Gasteiger charge is -2.13. The monoisotopic (exact) mass is 416 g/mol. The van der Waals surface area contributed by atoms with Crippen LogP contribution in [0.5, 0.6) is 10.9 Å². The van der Waals surface area contributed by atoms with Crippen LogP contribution in [-0.2, 0) is 0 Å². The number of aliphatic imine (C=N–C) groups is 1. The average Bonchev–Trinajstić information content (AvgIpc) is 3.37. The van der Waals surface area contributed by atoms with Gasteiger partial charge in [-0.1, -0.05) is 11.3 Å². The smallest absolute Gasteiger partial charge is 0.273 e. The molecule has 0 spiro atoms. The van der Waals surface area contributed by atoms with Gasteiger partial charge in [0.1, 0.15) is 30.4 Å². The molecule has 2 N–H and O–H groups in total. The van der Waals surface area contributed by atoms with E-state index in [1.54, 1.807) is 6.20 Å². The third-order valence-corrected chi connectivity index (χ3v) is 5.34. The lowest BCUT2D eigenvalue weighted by molar-refractivity contribution is 0.216. The van der Waals surface area contributed by atoms with Crippen molar-refractivity contribution in [2.24, 2.45) is 4.99 Å². The molecule has 10 heteroatoms. The summed E-state index contributed by atoms with van der Waals surface area (Å²) in [4.78, 5) is 17.7. The van der Waals surface area contributed by atoms with Gasteiger partial charge in [0, 0.05) is 29.5 Å². The number of hydrogen-bond donors (Lipinski definition) is 2. The van der Waals surface area contributed by atoms with Gasteiger partial charge >= 0.3 is 0 Å². The largest absolute Gasteiger partial charge is 0.488 e. The van der Waals surface area contributed by atoms with Gasteiger partial charge in [-0.3, -0.25) is 9.98 Å². The van der Waals surface area contributed by atoms with E-state index < -0.39 is 0 Å². The quantitative estimate of drug-likeness (QED) is 0.571. The second kappa shape index (κ2) is 8.98. The van der Waals surface area contributed by atoms with Crippen molar-refractivity contribution in [3.05, 3.63) is 34.8 Å². The number of nitrogens with zero attached hydrogens (tertiary/aromatic N) is 4. The first-order valence-electron chi connectivity index (χ1n) is 8.91. The number of thiazole rings is 2. The Labute approximate surface area is 170 Å². The Hall–Kier alpha value is -2.72. The molecule has 4 rings (SSSR count). The first kappa shape index (κ1) is 18.6. The number of aryl methyl sites for hydroxylation is 1. The van der Waals surface area contributed by atoms with E-state index in [9.17, 15) is 0 Å². The summed E-state index contributed by atoms with van der Waals surface area (Å²) in [6, 6.07) is 3.81. The Balaban J connectivity index is 1.27. The molecule has 8 nitrogen and oxygen atoms in total. The molecule has 0 atom stereocenters. The van der Waals surface area contributed by atoms with E-state index in [0.29, 0.717) is 18.4 Å². The maximum absolute atomic E-state index is 5.67. The van der Waals surface area contributed by atoms with Crippen molar-refractivity contribution in [2.75, 3.05) is 31.6 Å². The number of aromatic nitrogens is 3. The second-order valence-corrected chi connectivity index (χ2v) is 7.68. The van der Waals surface area contributed by atoms with Crippen molar-refractivity contribution in [1.29, 1.82) is 0 Å². The molecular weight excluding hydrogens is 396 g/mol. The summed E-state index contributed by atoms with van der Waals surface area (Å²) in [5.74, 6) is 1.51. The highest BCUT2D eigenvalue weighted by atomic mass is 32.1. The Morgan fingerprint density at radius 1 is 1.11 bits per heavy atom. The molecule has 1 aliphatic heterocycles. The zero-order valence-electron chi connectivity index (χ0n) is 15.3. The SMILES string of the molecule is Cc1ccc(OCCOc2nc(-c3csc(NC4=NCCCN4)n3)cs2)cn1. The zero-order chi connectivity index (χ0) is 19.2. The van der Waals surface area contributed by atoms with E-state index in [1.165, 1.54) is 22.7 Å². The van der Waals surface area contributed by atoms with E-state index in [-0.39, 0.29) is 0 Å². The summed E-state index contributed by atoms with van der Waals surface area (Å²) in [6.45, 7) is 4.55. The summed E-state index contributed by atoms with van der Waals surface area (Å²) in [7, 11) is 0. The number of pyridine rings is 1. The number of guanidine groups is 1. The van der Waals surface area contributed by atoms with Crippen LogP contribution in [0.4, 0.5) is 5.13 Å². The van der Waals surface area contributed by atoms with Gasteiger partial charge in [0.15, 0.2) is 11.1 Å². The van der Waals surface area contributed by atoms with Crippen LogP contribution < -0.4 is 20.1 Å². The fraction of sp³-hybridized carbons (Fsp3) is 0.333. The van der Waals surface area contributed by atoms with Crippen LogP contribution >= 0.6 is 22.7 Å². The van der Waals surface area contributed by atoms with Crippen LogP contribution in [0, 0.1) is 6.92 Å². The van der Waals surface area contributed by atoms with Crippen LogP contribution in [0.3, 0.4) is 0 Å². The molecule has 3 aromatic rings. The molecule has 0 fully saturated rings. The van der Waals surface area contributed by atoms with Gasteiger partial charge < -0.3 is 20.1 Å². The minimum absolute atomic E-state index is 0.413. The fourth-order valence-electron chi connectivity index (χ4n) is 2.44. The Morgan fingerprint density at radius 2 is 1.96 bits per heavy atom. The highest BCUT2D eigenvalue weighted by Gasteiger charge is 2.12. The highest BCUT2D eigenvalue weighted by molar-refractivity contribution is 7.14. The van der Waals surface area contributed by atoms with Crippen LogP contribution in [0.15, 0.2) is 34.1 Å². The second-order valence-electron chi connectivity index (χ2n) is 6.00. The standard InChI is InChI=1S/C18H20N6O2S2/c1-12-3-4-13(9-21-12)25-7-8-26-18-23-15(11-28-18)14-10-27-17(22-14)24-16-19-5-2-6-20-16/h3-4,9-11H,2,5-8H2,1H3,(H2,19,20,22,24). The van der Waals surface area contributed by atoms with Gasteiger partial charge in [-0.05, 0) is 25.5 Å². The summed E-state index contributed by atoms with van der Waals surface area (Å²) < 4.78 is 11.3. The molecule has 0 bridgehead atoms. The van der Waals surface area contributed by atoms with Crippen molar-refractivity contribution in [2.45, 2.75) is 13.3 Å². The summed E-state index contributed by atoms with van der Waals surface area (Å²) in [5.41, 5.74) is 2.57. The molecule has 0 unspecified atom stereocenters. The molecule has 0 saturated heterocycles. The molecule has 0 saturated carbocycles. The molecule has 4 heterocycles. The van der Waals surface area contributed by atoms with Crippen LogP contribution in [0.2, 0.25) is 0 Å². The zero-order valence-corrected chi connectivity index (χ0v) is 17.0. The van der Waals surface area contributed by atoms with E-state index in [2.05, 4.69) is 30.6 Å². The summed E-state index contributed by atoms with van der Waals surface area (Å²) in [5, 5.41) is 11.7. The Kier molecular flexibility index (Phi) is 5.98. The molecular formula is C18H20N6O2S2. The molecule has 0 amide bonds. The number of ether oxygens (including phenoxy) is 2. The topological polar surface area (TPSA) is 93.5 Å². The van der Waals surface area contributed by atoms with Crippen LogP contribution in [-0.4, -0.2) is 47.2 Å². The highest BCUT2D eigenvalue weighted by Crippen LogP contribution is 2.29. The molecule has 0 aromatic carbocycles. The maximum Gasteiger partial charge on any atom is 0.273 e. The number of anilines is 1. The molecule has 0 radical (unpaired) electrons. The third kappa shape index (κ3) is 4.96. The van der Waals surface area contributed by atoms with Crippen molar-refractivity contribution in [3.63, 3.8) is 0 Å². The van der Waals surface area contributed by atoms with Gasteiger partial charge in [-0.15, -0.1) is 11.3 Å². The Morgan fingerprint density at radius 3 is 2.79 bits per heavy atom. The molecule has 28 heavy (non-hydrogen) atoms. The minimum Gasteiger partial charge on any atom is -0.488 e. The maximum atomic E-state index is 5.67. The predicted molar refractivity (Wildman–Crippen MR) is 112 cm³/mol. The first-order valence-corrected chi connectivity index (χ1v) is 10.7. The summed E-state index contributed by atoms with van der Waals surface area (Å²) >= 11 is 2.97. The first-order chi connectivity index (χ1) is 13.8. The lowest BCUT2D eigenvalue weighted by Crippen LogP contribution is -2.35. The predicted octanol–water partition coefficient (Wildman–Crippen LogP) is 3.19. The normalized spacial score (nSPS) is 13.5.